The smallest absolute Gasteiger partial charge is 0.354 e. The van der Waals surface area contributed by atoms with Gasteiger partial charge in [0.25, 0.3) is 0 Å². The van der Waals surface area contributed by atoms with Gasteiger partial charge >= 0.3 is 12.0 Å². The molecule has 0 saturated heterocycles. The van der Waals surface area contributed by atoms with Crippen molar-refractivity contribution in [1.82, 2.24) is 15.6 Å². The summed E-state index contributed by atoms with van der Waals surface area (Å²) in [7, 11) is 0. The van der Waals surface area contributed by atoms with Gasteiger partial charge in [-0.2, -0.15) is 0 Å². The summed E-state index contributed by atoms with van der Waals surface area (Å²) in [4.78, 5) is 26.2. The molecule has 108 valence electrons. The van der Waals surface area contributed by atoms with Crippen LogP contribution in [0.5, 0.6) is 0 Å². The van der Waals surface area contributed by atoms with E-state index in [0.717, 1.165) is 24.8 Å². The molecule has 6 nitrogen and oxygen atoms in total. The van der Waals surface area contributed by atoms with Crippen LogP contribution < -0.4 is 10.6 Å². The number of carbonyl (C=O) groups excluding carboxylic acids is 1. The van der Waals surface area contributed by atoms with Gasteiger partial charge < -0.3 is 15.7 Å². The molecule has 1 heterocycles. The van der Waals surface area contributed by atoms with Gasteiger partial charge in [-0.25, -0.2) is 14.6 Å². The van der Waals surface area contributed by atoms with E-state index in [-0.39, 0.29) is 17.8 Å². The Morgan fingerprint density at radius 2 is 2.20 bits per heavy atom. The molecular weight excluding hydrogens is 258 g/mol. The normalized spacial score (nSPS) is 21.4. The van der Waals surface area contributed by atoms with Crippen molar-refractivity contribution < 1.29 is 14.7 Å². The van der Waals surface area contributed by atoms with Crippen molar-refractivity contribution in [2.75, 3.05) is 0 Å². The number of nitrogens with zero attached hydrogens (tertiary/aromatic N) is 1. The van der Waals surface area contributed by atoms with Crippen LogP contribution in [0.4, 0.5) is 4.79 Å². The summed E-state index contributed by atoms with van der Waals surface area (Å²) in [6.07, 6.45) is 4.68. The highest BCUT2D eigenvalue weighted by Crippen LogP contribution is 2.24. The van der Waals surface area contributed by atoms with Gasteiger partial charge in [0, 0.05) is 18.8 Å². The molecular formula is C14H19N3O3. The number of hydrogen-bond acceptors (Lipinski definition) is 3. The van der Waals surface area contributed by atoms with Crippen molar-refractivity contribution in [3.05, 3.63) is 29.6 Å². The van der Waals surface area contributed by atoms with E-state index in [1.165, 1.54) is 12.3 Å². The molecule has 3 N–H and O–H groups in total. The highest BCUT2D eigenvalue weighted by Gasteiger charge is 2.22. The number of carbonyl (C=O) groups is 2. The van der Waals surface area contributed by atoms with Crippen LogP contribution in [0.15, 0.2) is 18.3 Å². The van der Waals surface area contributed by atoms with Crippen molar-refractivity contribution in [2.45, 2.75) is 38.8 Å². The Balaban J connectivity index is 1.76. The van der Waals surface area contributed by atoms with Crippen molar-refractivity contribution in [3.63, 3.8) is 0 Å². The number of pyridine rings is 1. The van der Waals surface area contributed by atoms with Crippen molar-refractivity contribution in [3.8, 4) is 0 Å². The van der Waals surface area contributed by atoms with E-state index in [2.05, 4.69) is 22.5 Å². The highest BCUT2D eigenvalue weighted by atomic mass is 16.4. The first-order chi connectivity index (χ1) is 9.54. The minimum atomic E-state index is -1.06. The molecule has 20 heavy (non-hydrogen) atoms. The van der Waals surface area contributed by atoms with Crippen molar-refractivity contribution in [2.24, 2.45) is 5.92 Å². The molecule has 2 atom stereocenters. The molecule has 1 aromatic rings. The number of aromatic nitrogens is 1. The van der Waals surface area contributed by atoms with E-state index in [1.807, 2.05) is 0 Å². The second-order valence-electron chi connectivity index (χ2n) is 5.30. The first-order valence-corrected chi connectivity index (χ1v) is 6.77. The van der Waals surface area contributed by atoms with Crippen LogP contribution in [0.3, 0.4) is 0 Å². The number of carboxylic acid groups (broad SMARTS) is 1. The average molecular weight is 277 g/mol. The molecule has 1 aliphatic carbocycles. The predicted octanol–water partition coefficient (Wildman–Crippen LogP) is 1.77. The molecule has 1 fully saturated rings. The second-order valence-corrected chi connectivity index (χ2v) is 5.30. The van der Waals surface area contributed by atoms with Gasteiger partial charge in [-0.1, -0.05) is 13.0 Å². The first kappa shape index (κ1) is 14.3. The minimum absolute atomic E-state index is 0.00172. The molecule has 1 aromatic heterocycles. The lowest BCUT2D eigenvalue weighted by Gasteiger charge is -2.13. The van der Waals surface area contributed by atoms with Gasteiger partial charge in [-0.15, -0.1) is 0 Å². The Bertz CT molecular complexity index is 487. The quantitative estimate of drug-likeness (QED) is 0.782. The lowest BCUT2D eigenvalue weighted by molar-refractivity contribution is 0.0690. The third kappa shape index (κ3) is 3.94. The molecule has 0 bridgehead atoms. The summed E-state index contributed by atoms with van der Waals surface area (Å²) in [5, 5.41) is 14.4. The molecule has 2 rings (SSSR count). The van der Waals surface area contributed by atoms with Crippen LogP contribution in [0.2, 0.25) is 0 Å². The molecule has 1 aliphatic rings. The van der Waals surface area contributed by atoms with Crippen LogP contribution in [0.1, 0.15) is 42.2 Å². The topological polar surface area (TPSA) is 91.3 Å². The number of urea groups is 1. The van der Waals surface area contributed by atoms with E-state index in [1.54, 1.807) is 6.07 Å². The summed E-state index contributed by atoms with van der Waals surface area (Å²) in [5.74, 6) is -0.384. The molecule has 0 spiro atoms. The van der Waals surface area contributed by atoms with Crippen LogP contribution in [0, 0.1) is 5.92 Å². The molecule has 0 radical (unpaired) electrons. The van der Waals surface area contributed by atoms with E-state index in [4.69, 9.17) is 5.11 Å². The molecule has 1 saturated carbocycles. The summed E-state index contributed by atoms with van der Waals surface area (Å²) >= 11 is 0. The van der Waals surface area contributed by atoms with Gasteiger partial charge in [0.2, 0.25) is 0 Å². The second kappa shape index (κ2) is 6.36. The lowest BCUT2D eigenvalue weighted by atomic mass is 10.1. The maximum absolute atomic E-state index is 11.7. The summed E-state index contributed by atoms with van der Waals surface area (Å²) in [5.41, 5.74) is 0.767. The van der Waals surface area contributed by atoms with E-state index in [9.17, 15) is 9.59 Å². The summed E-state index contributed by atoms with van der Waals surface area (Å²) < 4.78 is 0. The van der Waals surface area contributed by atoms with E-state index >= 15 is 0 Å². The molecule has 0 aliphatic heterocycles. The minimum Gasteiger partial charge on any atom is -0.477 e. The van der Waals surface area contributed by atoms with Crippen LogP contribution >= 0.6 is 0 Å². The monoisotopic (exact) mass is 277 g/mol. The van der Waals surface area contributed by atoms with Gasteiger partial charge in [0.15, 0.2) is 0 Å². The van der Waals surface area contributed by atoms with Gasteiger partial charge in [0.05, 0.1) is 0 Å². The summed E-state index contributed by atoms with van der Waals surface area (Å²) in [6, 6.07) is 3.15. The maximum Gasteiger partial charge on any atom is 0.354 e. The highest BCUT2D eigenvalue weighted by molar-refractivity contribution is 5.85. The van der Waals surface area contributed by atoms with Gasteiger partial charge in [-0.05, 0) is 36.8 Å². The van der Waals surface area contributed by atoms with Gasteiger partial charge in [-0.3, -0.25) is 0 Å². The Morgan fingerprint density at radius 3 is 2.75 bits per heavy atom. The molecule has 2 unspecified atom stereocenters. The third-order valence-corrected chi connectivity index (χ3v) is 3.53. The van der Waals surface area contributed by atoms with Crippen molar-refractivity contribution in [1.29, 1.82) is 0 Å². The first-order valence-electron chi connectivity index (χ1n) is 6.77. The third-order valence-electron chi connectivity index (χ3n) is 3.53. The number of amides is 2. The number of nitrogens with one attached hydrogen (secondary N) is 2. The standard InChI is InChI=1S/C14H19N3O3/c1-9-2-4-11(6-9)17-14(20)16-8-10-3-5-12(13(18)19)15-7-10/h3,5,7,9,11H,2,4,6,8H2,1H3,(H,18,19)(H2,16,17,20). The number of hydrogen-bond donors (Lipinski definition) is 3. The predicted molar refractivity (Wildman–Crippen MR) is 73.4 cm³/mol. The van der Waals surface area contributed by atoms with Crippen LogP contribution in [-0.2, 0) is 6.54 Å². The number of aromatic carboxylic acids is 1. The Kier molecular flexibility index (Phi) is 4.55. The Morgan fingerprint density at radius 1 is 1.40 bits per heavy atom. The number of carboxylic acids is 1. The van der Waals surface area contributed by atoms with Crippen LogP contribution in [0.25, 0.3) is 0 Å². The SMILES string of the molecule is CC1CCC(NC(=O)NCc2ccc(C(=O)O)nc2)C1. The van der Waals surface area contributed by atoms with Crippen LogP contribution in [-0.4, -0.2) is 28.1 Å². The Labute approximate surface area is 117 Å². The van der Waals surface area contributed by atoms with E-state index in [0.29, 0.717) is 12.5 Å². The van der Waals surface area contributed by atoms with Gasteiger partial charge in [0.1, 0.15) is 5.69 Å². The molecule has 2 amide bonds. The maximum atomic E-state index is 11.7. The Hall–Kier alpha value is -2.11. The number of rotatable bonds is 4. The zero-order chi connectivity index (χ0) is 14.5. The molecule has 0 aromatic carbocycles. The molecule has 6 heteroatoms. The van der Waals surface area contributed by atoms with Crippen molar-refractivity contribution >= 4 is 12.0 Å². The zero-order valence-corrected chi connectivity index (χ0v) is 11.4. The largest absolute Gasteiger partial charge is 0.477 e. The fraction of sp³-hybridized carbons (Fsp3) is 0.500. The lowest BCUT2D eigenvalue weighted by Crippen LogP contribution is -2.40. The summed E-state index contributed by atoms with van der Waals surface area (Å²) in [6.45, 7) is 2.52. The fourth-order valence-corrected chi connectivity index (χ4v) is 2.41. The average Bonchev–Trinajstić information content (AvgIpc) is 2.82. The zero-order valence-electron chi connectivity index (χ0n) is 11.4. The fourth-order valence-electron chi connectivity index (χ4n) is 2.41. The van der Waals surface area contributed by atoms with E-state index < -0.39 is 5.97 Å².